The molecule has 3 N–H and O–H groups in total. The predicted octanol–water partition coefficient (Wildman–Crippen LogP) is 0.444. The number of rotatable bonds is 6. The summed E-state index contributed by atoms with van der Waals surface area (Å²) in [7, 11) is 1.49. The summed E-state index contributed by atoms with van der Waals surface area (Å²) in [6.07, 6.45) is 0. The molecule has 0 spiro atoms. The Morgan fingerprint density at radius 1 is 1.50 bits per heavy atom. The third-order valence-electron chi connectivity index (χ3n) is 2.05. The highest BCUT2D eigenvalue weighted by Gasteiger charge is 2.14. The van der Waals surface area contributed by atoms with Gasteiger partial charge >= 0.3 is 0 Å². The first kappa shape index (κ1) is 14.6. The third-order valence-corrected chi connectivity index (χ3v) is 3.05. The molecular weight excluding hydrogens is 256 g/mol. The van der Waals surface area contributed by atoms with Gasteiger partial charge in [-0.25, -0.2) is 0 Å². The molecule has 0 aromatic carbocycles. The van der Waals surface area contributed by atoms with Crippen LogP contribution in [0.4, 0.5) is 5.00 Å². The number of carbonyl (C=O) groups is 2. The molecule has 0 radical (unpaired) electrons. The fourth-order valence-electron chi connectivity index (χ4n) is 1.30. The lowest BCUT2D eigenvalue weighted by atomic mass is 10.3. The lowest BCUT2D eigenvalue weighted by molar-refractivity contribution is -0.114. The third kappa shape index (κ3) is 4.44. The van der Waals surface area contributed by atoms with E-state index >= 15 is 0 Å². The molecule has 7 heteroatoms. The van der Waals surface area contributed by atoms with E-state index in [4.69, 9.17) is 9.84 Å². The predicted molar refractivity (Wildman–Crippen MR) is 68.8 cm³/mol. The van der Waals surface area contributed by atoms with Gasteiger partial charge in [-0.15, -0.1) is 11.3 Å². The monoisotopic (exact) mass is 272 g/mol. The molecule has 0 fully saturated rings. The standard InChI is InChI=1S/C11H16N2O4S/c1-7(15)12-10-4-3-9(18-10)11(16)13-8(5-14)6-17-2/h3-4,8,14H,5-6H2,1-2H3,(H,12,15)(H,13,16). The van der Waals surface area contributed by atoms with E-state index in [1.807, 2.05) is 0 Å². The average Bonchev–Trinajstić information content (AvgIpc) is 2.76. The van der Waals surface area contributed by atoms with Crippen molar-refractivity contribution >= 4 is 28.2 Å². The quantitative estimate of drug-likeness (QED) is 0.701. The molecule has 0 aliphatic heterocycles. The van der Waals surface area contributed by atoms with Crippen molar-refractivity contribution in [3.8, 4) is 0 Å². The summed E-state index contributed by atoms with van der Waals surface area (Å²) in [5.41, 5.74) is 0. The zero-order valence-electron chi connectivity index (χ0n) is 10.2. The smallest absolute Gasteiger partial charge is 0.261 e. The molecule has 0 bridgehead atoms. The first-order chi connectivity index (χ1) is 8.56. The normalized spacial score (nSPS) is 11.9. The number of thiophene rings is 1. The second-order valence-electron chi connectivity index (χ2n) is 3.65. The second kappa shape index (κ2) is 7.10. The highest BCUT2D eigenvalue weighted by molar-refractivity contribution is 7.18. The van der Waals surface area contributed by atoms with E-state index in [2.05, 4.69) is 10.6 Å². The molecule has 0 saturated carbocycles. The minimum absolute atomic E-state index is 0.184. The number of anilines is 1. The van der Waals surface area contributed by atoms with Crippen LogP contribution >= 0.6 is 11.3 Å². The van der Waals surface area contributed by atoms with E-state index in [1.54, 1.807) is 12.1 Å². The van der Waals surface area contributed by atoms with Gasteiger partial charge in [-0.2, -0.15) is 0 Å². The molecule has 1 atom stereocenters. The van der Waals surface area contributed by atoms with Gasteiger partial charge in [0.2, 0.25) is 5.91 Å². The summed E-state index contributed by atoms with van der Waals surface area (Å²) in [6, 6.07) is 2.84. The van der Waals surface area contributed by atoms with Crippen LogP contribution in [-0.2, 0) is 9.53 Å². The Morgan fingerprint density at radius 3 is 2.78 bits per heavy atom. The fourth-order valence-corrected chi connectivity index (χ4v) is 2.15. The van der Waals surface area contributed by atoms with Crippen LogP contribution in [0.15, 0.2) is 12.1 Å². The van der Waals surface area contributed by atoms with E-state index in [9.17, 15) is 9.59 Å². The summed E-state index contributed by atoms with van der Waals surface area (Å²) in [5, 5.41) is 14.9. The van der Waals surface area contributed by atoms with Crippen molar-refractivity contribution in [2.24, 2.45) is 0 Å². The molecule has 6 nitrogen and oxygen atoms in total. The van der Waals surface area contributed by atoms with Crippen LogP contribution in [0.3, 0.4) is 0 Å². The van der Waals surface area contributed by atoms with Gasteiger partial charge in [0.05, 0.1) is 29.1 Å². The van der Waals surface area contributed by atoms with Gasteiger partial charge in [0.15, 0.2) is 0 Å². The molecule has 100 valence electrons. The Labute approximate surface area is 109 Å². The van der Waals surface area contributed by atoms with E-state index < -0.39 is 6.04 Å². The van der Waals surface area contributed by atoms with Crippen molar-refractivity contribution in [2.75, 3.05) is 25.6 Å². The Hall–Kier alpha value is -1.44. The number of ether oxygens (including phenoxy) is 1. The summed E-state index contributed by atoms with van der Waals surface area (Å²) >= 11 is 1.17. The topological polar surface area (TPSA) is 87.7 Å². The van der Waals surface area contributed by atoms with Gasteiger partial charge in [0, 0.05) is 14.0 Å². The van der Waals surface area contributed by atoms with Crippen molar-refractivity contribution in [1.29, 1.82) is 0 Å². The van der Waals surface area contributed by atoms with Crippen molar-refractivity contribution < 1.29 is 19.4 Å². The Bertz CT molecular complexity index is 419. The van der Waals surface area contributed by atoms with Crippen LogP contribution in [0, 0.1) is 0 Å². The number of carbonyl (C=O) groups excluding carboxylic acids is 2. The van der Waals surface area contributed by atoms with E-state index in [0.29, 0.717) is 9.88 Å². The second-order valence-corrected chi connectivity index (χ2v) is 4.74. The molecule has 1 aromatic heterocycles. The minimum Gasteiger partial charge on any atom is -0.394 e. The maximum Gasteiger partial charge on any atom is 0.261 e. The van der Waals surface area contributed by atoms with E-state index in [-0.39, 0.29) is 25.0 Å². The van der Waals surface area contributed by atoms with Gasteiger partial charge < -0.3 is 20.5 Å². The van der Waals surface area contributed by atoms with Crippen LogP contribution < -0.4 is 10.6 Å². The van der Waals surface area contributed by atoms with Crippen LogP contribution in [-0.4, -0.2) is 43.3 Å². The molecule has 1 rings (SSSR count). The average molecular weight is 272 g/mol. The van der Waals surface area contributed by atoms with Crippen molar-refractivity contribution in [3.05, 3.63) is 17.0 Å². The zero-order chi connectivity index (χ0) is 13.5. The van der Waals surface area contributed by atoms with Crippen LogP contribution in [0.25, 0.3) is 0 Å². The molecule has 0 saturated heterocycles. The number of hydrogen-bond donors (Lipinski definition) is 3. The molecule has 1 aromatic rings. The molecule has 0 aliphatic carbocycles. The van der Waals surface area contributed by atoms with Crippen LogP contribution in [0.1, 0.15) is 16.6 Å². The number of methoxy groups -OCH3 is 1. The Morgan fingerprint density at radius 2 is 2.22 bits per heavy atom. The first-order valence-electron chi connectivity index (χ1n) is 5.35. The summed E-state index contributed by atoms with van der Waals surface area (Å²) in [5.74, 6) is -0.482. The molecule has 1 heterocycles. The number of hydrogen-bond acceptors (Lipinski definition) is 5. The number of aliphatic hydroxyl groups excluding tert-OH is 1. The molecule has 1 unspecified atom stereocenters. The van der Waals surface area contributed by atoms with Gasteiger partial charge in [0.25, 0.3) is 5.91 Å². The lowest BCUT2D eigenvalue weighted by Crippen LogP contribution is -2.40. The highest BCUT2D eigenvalue weighted by Crippen LogP contribution is 2.21. The molecule has 0 aliphatic rings. The maximum absolute atomic E-state index is 11.8. The minimum atomic E-state index is -0.436. The van der Waals surface area contributed by atoms with Crippen molar-refractivity contribution in [2.45, 2.75) is 13.0 Å². The largest absolute Gasteiger partial charge is 0.394 e. The zero-order valence-corrected chi connectivity index (χ0v) is 11.0. The number of aliphatic hydroxyl groups is 1. The van der Waals surface area contributed by atoms with Gasteiger partial charge in [-0.1, -0.05) is 0 Å². The number of amides is 2. The number of nitrogens with one attached hydrogen (secondary N) is 2. The van der Waals surface area contributed by atoms with Gasteiger partial charge in [-0.05, 0) is 12.1 Å². The summed E-state index contributed by atoms with van der Waals surface area (Å²) in [4.78, 5) is 23.1. The Balaban J connectivity index is 2.60. The highest BCUT2D eigenvalue weighted by atomic mass is 32.1. The van der Waals surface area contributed by atoms with E-state index in [0.717, 1.165) is 0 Å². The van der Waals surface area contributed by atoms with Gasteiger partial charge in [-0.3, -0.25) is 9.59 Å². The fraction of sp³-hybridized carbons (Fsp3) is 0.455. The molecule has 18 heavy (non-hydrogen) atoms. The summed E-state index contributed by atoms with van der Waals surface area (Å²) in [6.45, 7) is 1.45. The first-order valence-corrected chi connectivity index (χ1v) is 6.16. The van der Waals surface area contributed by atoms with E-state index in [1.165, 1.54) is 25.4 Å². The van der Waals surface area contributed by atoms with Crippen LogP contribution in [0.2, 0.25) is 0 Å². The Kier molecular flexibility index (Phi) is 5.76. The molecule has 2 amide bonds. The molecular formula is C11H16N2O4S. The van der Waals surface area contributed by atoms with Gasteiger partial charge in [0.1, 0.15) is 0 Å². The van der Waals surface area contributed by atoms with Crippen molar-refractivity contribution in [3.63, 3.8) is 0 Å². The van der Waals surface area contributed by atoms with Crippen molar-refractivity contribution in [1.82, 2.24) is 5.32 Å². The maximum atomic E-state index is 11.8. The lowest BCUT2D eigenvalue weighted by Gasteiger charge is -2.14. The van der Waals surface area contributed by atoms with Crippen LogP contribution in [0.5, 0.6) is 0 Å². The summed E-state index contributed by atoms with van der Waals surface area (Å²) < 4.78 is 4.86. The SMILES string of the molecule is COCC(CO)NC(=O)c1ccc(NC(C)=O)s1.